The summed E-state index contributed by atoms with van der Waals surface area (Å²) in [4.78, 5) is 39.8. The monoisotopic (exact) mass is 331 g/mol. The predicted molar refractivity (Wildman–Crippen MR) is 83.5 cm³/mol. The smallest absolute Gasteiger partial charge is 0.324 e. The van der Waals surface area contributed by atoms with E-state index in [-0.39, 0.29) is 16.7 Å². The van der Waals surface area contributed by atoms with Crippen LogP contribution in [0.1, 0.15) is 30.7 Å². The van der Waals surface area contributed by atoms with E-state index in [1.807, 2.05) is 0 Å². The summed E-state index contributed by atoms with van der Waals surface area (Å²) < 4.78 is 0. The third kappa shape index (κ3) is 2.13. The molecular weight excluding hydrogens is 318 g/mol. The van der Waals surface area contributed by atoms with Crippen LogP contribution in [0.2, 0.25) is 0 Å². The Hall–Kier alpha value is -2.35. The second kappa shape index (κ2) is 5.09. The lowest BCUT2D eigenvalue weighted by atomic mass is 9.75. The van der Waals surface area contributed by atoms with Crippen molar-refractivity contribution in [3.63, 3.8) is 0 Å². The molecule has 0 bridgehead atoms. The van der Waals surface area contributed by atoms with Gasteiger partial charge in [0.25, 0.3) is 0 Å². The van der Waals surface area contributed by atoms with Gasteiger partial charge in [0.1, 0.15) is 5.78 Å². The molecule has 1 N–H and O–H groups in total. The van der Waals surface area contributed by atoms with Gasteiger partial charge in [-0.15, -0.1) is 0 Å². The first kappa shape index (κ1) is 14.3. The van der Waals surface area contributed by atoms with Crippen molar-refractivity contribution in [3.05, 3.63) is 38.4 Å². The summed E-state index contributed by atoms with van der Waals surface area (Å²) >= 11 is 1.02. The molecule has 8 heteroatoms. The van der Waals surface area contributed by atoms with Crippen LogP contribution in [0.4, 0.5) is 5.00 Å². The second-order valence-corrected chi connectivity index (χ2v) is 6.76. The molecule has 3 heterocycles. The minimum absolute atomic E-state index is 0.0212. The van der Waals surface area contributed by atoms with E-state index >= 15 is 0 Å². The molecule has 4 rings (SSSR count). The van der Waals surface area contributed by atoms with Crippen LogP contribution < -0.4 is 5.32 Å². The summed E-state index contributed by atoms with van der Waals surface area (Å²) in [6.45, 7) is 0.531. The van der Waals surface area contributed by atoms with E-state index in [0.29, 0.717) is 36.9 Å². The van der Waals surface area contributed by atoms with E-state index in [9.17, 15) is 19.7 Å². The van der Waals surface area contributed by atoms with Gasteiger partial charge in [-0.2, -0.15) is 0 Å². The molecule has 1 saturated carbocycles. The van der Waals surface area contributed by atoms with E-state index in [0.717, 1.165) is 22.7 Å². The molecule has 118 valence electrons. The number of carbonyl (C=O) groups is 2. The lowest BCUT2D eigenvalue weighted by Gasteiger charge is -2.32. The zero-order valence-corrected chi connectivity index (χ0v) is 12.9. The third-order valence-electron chi connectivity index (χ3n) is 4.60. The number of rotatable bonds is 2. The Balaban J connectivity index is 1.87. The van der Waals surface area contributed by atoms with E-state index in [1.165, 1.54) is 6.07 Å². The molecule has 0 aromatic carbocycles. The van der Waals surface area contributed by atoms with Crippen LogP contribution in [0.25, 0.3) is 0 Å². The summed E-state index contributed by atoms with van der Waals surface area (Å²) in [5.41, 5.74) is 2.72. The molecule has 0 saturated heterocycles. The normalized spacial score (nSPS) is 26.5. The Morgan fingerprint density at radius 2 is 2.09 bits per heavy atom. The Morgan fingerprint density at radius 3 is 2.83 bits per heavy atom. The molecule has 2 unspecified atom stereocenters. The van der Waals surface area contributed by atoms with Crippen LogP contribution in [-0.4, -0.2) is 28.9 Å². The number of nitro groups is 1. The van der Waals surface area contributed by atoms with Crippen molar-refractivity contribution >= 4 is 33.7 Å². The van der Waals surface area contributed by atoms with Crippen molar-refractivity contribution in [1.82, 2.24) is 5.32 Å². The zero-order chi connectivity index (χ0) is 16.1. The fourth-order valence-corrected chi connectivity index (χ4v) is 4.40. The highest BCUT2D eigenvalue weighted by molar-refractivity contribution is 7.13. The Morgan fingerprint density at radius 1 is 1.26 bits per heavy atom. The Kier molecular flexibility index (Phi) is 3.15. The fourth-order valence-electron chi connectivity index (χ4n) is 3.64. The Labute approximate surface area is 135 Å². The van der Waals surface area contributed by atoms with Gasteiger partial charge in [-0.25, -0.2) is 0 Å². The highest BCUT2D eigenvalue weighted by Crippen LogP contribution is 2.46. The number of nitrogens with zero attached hydrogens (tertiary/aromatic N) is 2. The molecule has 1 aromatic heterocycles. The number of hydrogen-bond acceptors (Lipinski definition) is 6. The quantitative estimate of drug-likeness (QED) is 0.661. The van der Waals surface area contributed by atoms with Crippen molar-refractivity contribution in [2.24, 2.45) is 10.9 Å². The van der Waals surface area contributed by atoms with E-state index in [1.54, 1.807) is 5.38 Å². The average Bonchev–Trinajstić information content (AvgIpc) is 3.13. The van der Waals surface area contributed by atoms with Crippen LogP contribution in [0.15, 0.2) is 27.7 Å². The van der Waals surface area contributed by atoms with Crippen LogP contribution in [0, 0.1) is 16.0 Å². The van der Waals surface area contributed by atoms with Gasteiger partial charge >= 0.3 is 5.00 Å². The Bertz CT molecular complexity index is 807. The summed E-state index contributed by atoms with van der Waals surface area (Å²) in [5, 5.41) is 15.5. The number of hydrogen-bond donors (Lipinski definition) is 1. The summed E-state index contributed by atoms with van der Waals surface area (Å²) in [6.07, 6.45) is 1.67. The van der Waals surface area contributed by atoms with Gasteiger partial charge in [-0.3, -0.25) is 24.7 Å². The van der Waals surface area contributed by atoms with Crippen molar-refractivity contribution < 1.29 is 14.5 Å². The van der Waals surface area contributed by atoms with Crippen molar-refractivity contribution in [2.75, 3.05) is 6.54 Å². The molecule has 23 heavy (non-hydrogen) atoms. The minimum atomic E-state index is -0.452. The first-order chi connectivity index (χ1) is 11.1. The third-order valence-corrected chi connectivity index (χ3v) is 5.50. The van der Waals surface area contributed by atoms with Gasteiger partial charge in [0, 0.05) is 48.0 Å². The lowest BCUT2D eigenvalue weighted by molar-refractivity contribution is -0.380. The molecule has 7 nitrogen and oxygen atoms in total. The van der Waals surface area contributed by atoms with E-state index in [4.69, 9.17) is 0 Å². The van der Waals surface area contributed by atoms with E-state index in [2.05, 4.69) is 10.3 Å². The number of carbonyl (C=O) groups excluding carboxylic acids is 2. The van der Waals surface area contributed by atoms with E-state index < -0.39 is 16.8 Å². The molecule has 3 aliphatic rings. The SMILES string of the molecule is O=C1NCCC2=C1C(c1csc([N+](=O)[O-])c1)C1C(=O)CCC1=N2. The topological polar surface area (TPSA) is 102 Å². The first-order valence-electron chi connectivity index (χ1n) is 7.40. The maximum Gasteiger partial charge on any atom is 0.324 e. The molecule has 1 amide bonds. The predicted octanol–water partition coefficient (Wildman–Crippen LogP) is 1.95. The standard InChI is InChI=1S/C15H13N3O4S/c19-10-2-1-8-13(10)12(7-5-11(18(21)22)23-6-7)14-9(17-8)3-4-16-15(14)20/h5-6,12-13H,1-4H2,(H,16,20). The minimum Gasteiger partial charge on any atom is -0.352 e. The van der Waals surface area contributed by atoms with Gasteiger partial charge < -0.3 is 5.32 Å². The molecule has 2 aliphatic heterocycles. The van der Waals surface area contributed by atoms with Crippen LogP contribution in [0.5, 0.6) is 0 Å². The van der Waals surface area contributed by atoms with Crippen molar-refractivity contribution in [2.45, 2.75) is 25.2 Å². The lowest BCUT2D eigenvalue weighted by Crippen LogP contribution is -2.39. The second-order valence-electron chi connectivity index (χ2n) is 5.87. The van der Waals surface area contributed by atoms with Gasteiger partial charge in [-0.05, 0) is 12.0 Å². The molecule has 1 fully saturated rings. The number of thiophene rings is 1. The van der Waals surface area contributed by atoms with Crippen LogP contribution >= 0.6 is 11.3 Å². The summed E-state index contributed by atoms with van der Waals surface area (Å²) in [5.74, 6) is -1.05. The fraction of sp³-hybridized carbons (Fsp3) is 0.400. The zero-order valence-electron chi connectivity index (χ0n) is 12.1. The number of amides is 1. The number of fused-ring (bicyclic) bond motifs is 1. The maximum absolute atomic E-state index is 12.4. The average molecular weight is 331 g/mol. The molecule has 0 spiro atoms. The van der Waals surface area contributed by atoms with Crippen LogP contribution in [-0.2, 0) is 9.59 Å². The van der Waals surface area contributed by atoms with Crippen molar-refractivity contribution in [3.8, 4) is 0 Å². The molecule has 1 aliphatic carbocycles. The largest absolute Gasteiger partial charge is 0.352 e. The number of ketones is 1. The molecule has 1 aromatic rings. The van der Waals surface area contributed by atoms with Gasteiger partial charge in [0.05, 0.1) is 16.5 Å². The first-order valence-corrected chi connectivity index (χ1v) is 8.28. The molecular formula is C15H13N3O4S. The maximum atomic E-state index is 12.4. The molecule has 0 radical (unpaired) electrons. The number of nitrogens with one attached hydrogen (secondary N) is 1. The summed E-state index contributed by atoms with van der Waals surface area (Å²) in [6, 6.07) is 1.48. The van der Waals surface area contributed by atoms with Crippen molar-refractivity contribution in [1.29, 1.82) is 0 Å². The number of Topliss-reactive ketones (excluding diaryl/α,β-unsaturated/α-hetero) is 1. The van der Waals surface area contributed by atoms with Gasteiger partial charge in [0.15, 0.2) is 0 Å². The highest BCUT2D eigenvalue weighted by atomic mass is 32.1. The van der Waals surface area contributed by atoms with Gasteiger partial charge in [-0.1, -0.05) is 11.3 Å². The van der Waals surface area contributed by atoms with Gasteiger partial charge in [0.2, 0.25) is 5.91 Å². The molecule has 2 atom stereocenters. The van der Waals surface area contributed by atoms with Crippen LogP contribution in [0.3, 0.4) is 0 Å². The number of aliphatic imine (C=N–C) groups is 1. The summed E-state index contributed by atoms with van der Waals surface area (Å²) in [7, 11) is 0. The highest BCUT2D eigenvalue weighted by Gasteiger charge is 2.46.